The second-order valence-corrected chi connectivity index (χ2v) is 4.19. The summed E-state index contributed by atoms with van der Waals surface area (Å²) in [4.78, 5) is 15.0. The maximum Gasteiger partial charge on any atom is 0.324 e. The Morgan fingerprint density at radius 3 is 3.06 bits per heavy atom. The van der Waals surface area contributed by atoms with Crippen molar-refractivity contribution in [1.29, 1.82) is 0 Å². The van der Waals surface area contributed by atoms with Gasteiger partial charge in [0.05, 0.1) is 16.3 Å². The maximum atomic E-state index is 10.4. The standard InChI is InChI=1S/C11H8N2O2S/c14-13(15)11-6-5-10(16-11)8-12-7-9-3-1-2-4-9/h1-3,5-6,8H,7H2. The molecule has 2 rings (SSSR count). The molecule has 0 saturated heterocycles. The third-order valence-electron chi connectivity index (χ3n) is 1.94. The molecule has 0 saturated carbocycles. The third kappa shape index (κ3) is 2.53. The Labute approximate surface area is 96.1 Å². The van der Waals surface area contributed by atoms with Crippen LogP contribution in [0.3, 0.4) is 0 Å². The van der Waals surface area contributed by atoms with Gasteiger partial charge in [0.2, 0.25) is 0 Å². The van der Waals surface area contributed by atoms with E-state index in [1.807, 2.05) is 18.2 Å². The highest BCUT2D eigenvalue weighted by Gasteiger charge is 2.07. The van der Waals surface area contributed by atoms with Crippen molar-refractivity contribution in [3.8, 4) is 0 Å². The molecule has 80 valence electrons. The molecule has 0 amide bonds. The Morgan fingerprint density at radius 2 is 2.44 bits per heavy atom. The van der Waals surface area contributed by atoms with Gasteiger partial charge in [-0.05, 0) is 18.2 Å². The minimum atomic E-state index is -0.396. The summed E-state index contributed by atoms with van der Waals surface area (Å²) < 4.78 is 0. The molecule has 1 aromatic rings. The highest BCUT2D eigenvalue weighted by atomic mass is 32.1. The van der Waals surface area contributed by atoms with Crippen LogP contribution in [0.5, 0.6) is 0 Å². The molecule has 0 N–H and O–H groups in total. The quantitative estimate of drug-likeness (QED) is 0.347. The minimum absolute atomic E-state index is 0.140. The lowest BCUT2D eigenvalue weighted by molar-refractivity contribution is -0.380. The molecule has 0 fully saturated rings. The molecule has 1 heterocycles. The van der Waals surface area contributed by atoms with Crippen molar-refractivity contribution in [2.45, 2.75) is 0 Å². The zero-order chi connectivity index (χ0) is 11.4. The van der Waals surface area contributed by atoms with Crippen LogP contribution in [0.15, 0.2) is 46.7 Å². The van der Waals surface area contributed by atoms with Gasteiger partial charge in [-0.1, -0.05) is 17.4 Å². The van der Waals surface area contributed by atoms with Crippen LogP contribution in [0, 0.1) is 10.1 Å². The van der Waals surface area contributed by atoms with E-state index in [1.54, 1.807) is 12.3 Å². The molecular weight excluding hydrogens is 224 g/mol. The summed E-state index contributed by atoms with van der Waals surface area (Å²) in [5, 5.41) is 10.6. The third-order valence-corrected chi connectivity index (χ3v) is 2.91. The summed E-state index contributed by atoms with van der Waals surface area (Å²) >= 11 is 1.12. The zero-order valence-corrected chi connectivity index (χ0v) is 9.11. The van der Waals surface area contributed by atoms with Gasteiger partial charge in [0.1, 0.15) is 0 Å². The van der Waals surface area contributed by atoms with Crippen molar-refractivity contribution >= 4 is 22.6 Å². The van der Waals surface area contributed by atoms with Gasteiger partial charge >= 0.3 is 5.00 Å². The zero-order valence-electron chi connectivity index (χ0n) is 8.29. The van der Waals surface area contributed by atoms with Crippen LogP contribution < -0.4 is 0 Å². The molecule has 1 aliphatic rings. The SMILES string of the molecule is O=[N+]([O-])c1ccc(C=NCC2=C=CC=C2)s1. The Bertz CT molecular complexity index is 534. The number of nitrogens with zero attached hydrogens (tertiary/aromatic N) is 2. The molecule has 1 aromatic heterocycles. The van der Waals surface area contributed by atoms with Crippen molar-refractivity contribution in [3.63, 3.8) is 0 Å². The van der Waals surface area contributed by atoms with E-state index in [-0.39, 0.29) is 5.00 Å². The Kier molecular flexibility index (Phi) is 3.10. The van der Waals surface area contributed by atoms with Crippen molar-refractivity contribution in [1.82, 2.24) is 0 Å². The first-order valence-electron chi connectivity index (χ1n) is 4.62. The van der Waals surface area contributed by atoms with Crippen LogP contribution in [-0.4, -0.2) is 17.7 Å². The summed E-state index contributed by atoms with van der Waals surface area (Å²) in [5.41, 5.74) is 4.04. The number of nitro groups is 1. The van der Waals surface area contributed by atoms with E-state index < -0.39 is 4.92 Å². The van der Waals surface area contributed by atoms with Crippen LogP contribution in [0.4, 0.5) is 5.00 Å². The highest BCUT2D eigenvalue weighted by molar-refractivity contribution is 7.16. The number of hydrogen-bond acceptors (Lipinski definition) is 4. The van der Waals surface area contributed by atoms with Gasteiger partial charge in [0.25, 0.3) is 0 Å². The van der Waals surface area contributed by atoms with Crippen LogP contribution in [0.25, 0.3) is 0 Å². The number of allylic oxidation sites excluding steroid dienone is 1. The molecule has 0 aliphatic heterocycles. The molecule has 0 aromatic carbocycles. The fourth-order valence-corrected chi connectivity index (χ4v) is 1.92. The average molecular weight is 232 g/mol. The molecule has 0 atom stereocenters. The van der Waals surface area contributed by atoms with E-state index >= 15 is 0 Å². The topological polar surface area (TPSA) is 55.5 Å². The van der Waals surface area contributed by atoms with Gasteiger partial charge < -0.3 is 0 Å². The molecule has 0 unspecified atom stereocenters. The average Bonchev–Trinajstić information content (AvgIpc) is 2.87. The highest BCUT2D eigenvalue weighted by Crippen LogP contribution is 2.22. The number of rotatable bonds is 4. The van der Waals surface area contributed by atoms with E-state index in [0.29, 0.717) is 6.54 Å². The van der Waals surface area contributed by atoms with Gasteiger partial charge in [-0.15, -0.1) is 5.73 Å². The van der Waals surface area contributed by atoms with E-state index in [1.165, 1.54) is 6.07 Å². The lowest BCUT2D eigenvalue weighted by Crippen LogP contribution is -1.83. The van der Waals surface area contributed by atoms with Gasteiger partial charge in [0.15, 0.2) is 0 Å². The minimum Gasteiger partial charge on any atom is -0.286 e. The first-order chi connectivity index (χ1) is 7.75. The molecule has 0 bridgehead atoms. The van der Waals surface area contributed by atoms with Crippen LogP contribution >= 0.6 is 11.3 Å². The Balaban J connectivity index is 1.98. The summed E-state index contributed by atoms with van der Waals surface area (Å²) in [7, 11) is 0. The van der Waals surface area contributed by atoms with E-state index in [9.17, 15) is 10.1 Å². The maximum absolute atomic E-state index is 10.4. The number of thiophene rings is 1. The number of hydrogen-bond donors (Lipinski definition) is 0. The molecule has 5 heteroatoms. The summed E-state index contributed by atoms with van der Waals surface area (Å²) in [6.07, 6.45) is 7.33. The predicted octanol–water partition coefficient (Wildman–Crippen LogP) is 2.73. The Morgan fingerprint density at radius 1 is 1.56 bits per heavy atom. The summed E-state index contributed by atoms with van der Waals surface area (Å²) in [6, 6.07) is 3.18. The van der Waals surface area contributed by atoms with E-state index in [0.717, 1.165) is 21.8 Å². The van der Waals surface area contributed by atoms with Crippen molar-refractivity contribution in [2.75, 3.05) is 6.54 Å². The molecule has 0 radical (unpaired) electrons. The Hall–Kier alpha value is -1.97. The fraction of sp³-hybridized carbons (Fsp3) is 0.0909. The van der Waals surface area contributed by atoms with Crippen LogP contribution in [-0.2, 0) is 0 Å². The van der Waals surface area contributed by atoms with E-state index in [2.05, 4.69) is 10.7 Å². The van der Waals surface area contributed by atoms with Crippen LogP contribution in [0.1, 0.15) is 4.88 Å². The summed E-state index contributed by atoms with van der Waals surface area (Å²) in [5.74, 6) is 0. The largest absolute Gasteiger partial charge is 0.324 e. The van der Waals surface area contributed by atoms with Crippen LogP contribution in [0.2, 0.25) is 0 Å². The molecule has 4 nitrogen and oxygen atoms in total. The first kappa shape index (κ1) is 10.5. The van der Waals surface area contributed by atoms with Gasteiger partial charge in [-0.2, -0.15) is 0 Å². The lowest BCUT2D eigenvalue weighted by atomic mass is 10.3. The van der Waals surface area contributed by atoms with E-state index in [4.69, 9.17) is 0 Å². The molecule has 0 spiro atoms. The summed E-state index contributed by atoms with van der Waals surface area (Å²) in [6.45, 7) is 0.554. The van der Waals surface area contributed by atoms with Crippen molar-refractivity contribution in [2.24, 2.45) is 4.99 Å². The van der Waals surface area contributed by atoms with Gasteiger partial charge in [0, 0.05) is 17.9 Å². The number of aliphatic imine (C=N–C) groups is 1. The molecular formula is C11H8N2O2S. The smallest absolute Gasteiger partial charge is 0.286 e. The first-order valence-corrected chi connectivity index (χ1v) is 5.43. The molecule has 1 aliphatic carbocycles. The second-order valence-electron chi connectivity index (χ2n) is 3.10. The lowest BCUT2D eigenvalue weighted by Gasteiger charge is -1.88. The normalized spacial score (nSPS) is 13.6. The monoisotopic (exact) mass is 232 g/mol. The van der Waals surface area contributed by atoms with Crippen molar-refractivity contribution in [3.05, 3.63) is 56.7 Å². The fourth-order valence-electron chi connectivity index (χ4n) is 1.21. The van der Waals surface area contributed by atoms with Gasteiger partial charge in [-0.25, -0.2) is 0 Å². The molecule has 16 heavy (non-hydrogen) atoms. The van der Waals surface area contributed by atoms with Crippen molar-refractivity contribution < 1.29 is 4.92 Å². The predicted molar refractivity (Wildman–Crippen MR) is 64.2 cm³/mol. The van der Waals surface area contributed by atoms with Gasteiger partial charge in [-0.3, -0.25) is 15.1 Å². The second kappa shape index (κ2) is 4.70.